The maximum absolute atomic E-state index is 15.5. The Morgan fingerprint density at radius 2 is 1.30 bits per heavy atom. The third-order valence-corrected chi connectivity index (χ3v) is 10.4. The molecule has 7 aromatic carbocycles. The molecule has 0 unspecified atom stereocenters. The molecule has 7 heteroatoms. The van der Waals surface area contributed by atoms with Crippen LogP contribution in [0.3, 0.4) is 0 Å². The highest BCUT2D eigenvalue weighted by atomic mass is 19.1. The van der Waals surface area contributed by atoms with Gasteiger partial charge in [0.25, 0.3) is 0 Å². The lowest BCUT2D eigenvalue weighted by Gasteiger charge is -2.24. The molecule has 0 amide bonds. The van der Waals surface area contributed by atoms with Crippen LogP contribution in [0.2, 0.25) is 0 Å². The summed E-state index contributed by atoms with van der Waals surface area (Å²) in [4.78, 5) is 8.27. The number of halogens is 2. The first-order valence-electron chi connectivity index (χ1n) is 21.4. The first-order valence-corrected chi connectivity index (χ1v) is 18.4. The molecule has 57 heavy (non-hydrogen) atoms. The number of fused-ring (bicyclic) bond motifs is 4. The van der Waals surface area contributed by atoms with Crippen molar-refractivity contribution in [2.24, 2.45) is 0 Å². The lowest BCUT2D eigenvalue weighted by atomic mass is 9.91. The van der Waals surface area contributed by atoms with Crippen LogP contribution in [0.5, 0.6) is 11.5 Å². The second-order valence-corrected chi connectivity index (χ2v) is 13.9. The summed E-state index contributed by atoms with van der Waals surface area (Å²) in [5, 5.41) is 2.00. The van der Waals surface area contributed by atoms with Gasteiger partial charge >= 0.3 is 0 Å². The number of ether oxygens (including phenoxy) is 1. The molecule has 0 atom stereocenters. The van der Waals surface area contributed by atoms with Gasteiger partial charge < -0.3 is 14.5 Å². The van der Waals surface area contributed by atoms with Crippen molar-refractivity contribution in [3.8, 4) is 39.6 Å². The molecule has 1 aliphatic heterocycles. The second kappa shape index (κ2) is 13.8. The van der Waals surface area contributed by atoms with Crippen LogP contribution in [0.4, 0.5) is 31.5 Å². The van der Waals surface area contributed by atoms with E-state index in [1.54, 1.807) is 41.4 Å². The summed E-state index contributed by atoms with van der Waals surface area (Å²) in [6.45, 7) is -5.40. The Bertz CT molecular complexity index is 3170. The standard InChI is InChI=1S/C50H36F2N4O/c1-32-24-35(34-12-4-3-5-13-34)25-33(2)50(32)36-26-38(54-31-55(47-17-9-8-16-46(47)54)45-22-19-37(51)28-43(45)52)29-40(27-36)57-39-20-21-42-41-14-6-7-15-44(41)56(48(42)30-39)49-18-10-11-23-53-49/h3-30H,31H2,1-2H3/i1D3,2D3. The van der Waals surface area contributed by atoms with E-state index in [1.165, 1.54) is 24.3 Å². The number of hydrogen-bond donors (Lipinski definition) is 0. The number of rotatable bonds is 7. The van der Waals surface area contributed by atoms with Gasteiger partial charge in [0.2, 0.25) is 0 Å². The summed E-state index contributed by atoms with van der Waals surface area (Å²) in [7, 11) is 0. The van der Waals surface area contributed by atoms with Gasteiger partial charge in [-0.2, -0.15) is 0 Å². The van der Waals surface area contributed by atoms with Crippen molar-refractivity contribution < 1.29 is 21.7 Å². The molecule has 1 aliphatic rings. The maximum atomic E-state index is 15.5. The highest BCUT2D eigenvalue weighted by molar-refractivity contribution is 6.09. The van der Waals surface area contributed by atoms with E-state index in [9.17, 15) is 4.39 Å². The smallest absolute Gasteiger partial charge is 0.149 e. The second-order valence-electron chi connectivity index (χ2n) is 13.9. The molecule has 3 heterocycles. The van der Waals surface area contributed by atoms with Gasteiger partial charge in [0.15, 0.2) is 0 Å². The van der Waals surface area contributed by atoms with Crippen LogP contribution in [0.25, 0.3) is 49.9 Å². The zero-order valence-corrected chi connectivity index (χ0v) is 30.3. The maximum Gasteiger partial charge on any atom is 0.149 e. The minimum atomic E-state index is -2.74. The number of pyridine rings is 1. The van der Waals surface area contributed by atoms with Crippen LogP contribution < -0.4 is 14.5 Å². The Morgan fingerprint density at radius 1 is 0.561 bits per heavy atom. The number of para-hydroxylation sites is 3. The molecule has 0 bridgehead atoms. The molecule has 9 aromatic rings. The number of anilines is 4. The van der Waals surface area contributed by atoms with Crippen molar-refractivity contribution >= 4 is 44.6 Å². The van der Waals surface area contributed by atoms with Gasteiger partial charge in [0, 0.05) is 49.1 Å². The summed E-state index contributed by atoms with van der Waals surface area (Å²) in [5.74, 6) is 0.00163. The summed E-state index contributed by atoms with van der Waals surface area (Å²) >= 11 is 0. The highest BCUT2D eigenvalue weighted by Crippen LogP contribution is 2.47. The number of nitrogens with zero attached hydrogens (tertiary/aromatic N) is 4. The zero-order valence-electron chi connectivity index (χ0n) is 36.3. The van der Waals surface area contributed by atoms with E-state index in [0.29, 0.717) is 39.8 Å². The molecule has 0 saturated heterocycles. The van der Waals surface area contributed by atoms with Crippen LogP contribution in [-0.4, -0.2) is 16.2 Å². The lowest BCUT2D eigenvalue weighted by Crippen LogP contribution is -2.24. The topological polar surface area (TPSA) is 33.5 Å². The fourth-order valence-corrected chi connectivity index (χ4v) is 7.92. The lowest BCUT2D eigenvalue weighted by molar-refractivity contribution is 0.483. The SMILES string of the molecule is [2H]C([2H])([2H])c1cc(-c2ccccc2)cc(C([2H])([2H])[2H])c1-c1cc(Oc2ccc3c4ccccc4n(-c4ccccn4)c3c2)cc(N2CN(c3ccc(F)cc3F)c3ccccc32)c1. The number of benzene rings is 7. The fraction of sp³-hybridized carbons (Fsp3) is 0.0600. The van der Waals surface area contributed by atoms with Gasteiger partial charge in [-0.1, -0.05) is 78.9 Å². The number of aryl methyl sites for hydroxylation is 2. The average Bonchev–Trinajstić information content (AvgIpc) is 3.82. The third-order valence-electron chi connectivity index (χ3n) is 10.4. The van der Waals surface area contributed by atoms with Gasteiger partial charge in [0.05, 0.1) is 28.1 Å². The van der Waals surface area contributed by atoms with Gasteiger partial charge in [-0.05, 0) is 114 Å². The molecule has 0 spiro atoms. The Hall–Kier alpha value is -7.25. The zero-order chi connectivity index (χ0) is 43.6. The number of hydrogen-bond acceptors (Lipinski definition) is 4. The largest absolute Gasteiger partial charge is 0.457 e. The van der Waals surface area contributed by atoms with Crippen LogP contribution >= 0.6 is 0 Å². The molecule has 276 valence electrons. The van der Waals surface area contributed by atoms with E-state index in [0.717, 1.165) is 27.9 Å². The molecule has 10 rings (SSSR count). The molecule has 0 radical (unpaired) electrons. The van der Waals surface area contributed by atoms with Crippen molar-refractivity contribution in [2.45, 2.75) is 13.7 Å². The van der Waals surface area contributed by atoms with Gasteiger partial charge in [-0.25, -0.2) is 13.8 Å². The summed E-state index contributed by atoms with van der Waals surface area (Å²) in [5.41, 5.74) is 4.91. The molecule has 0 saturated carbocycles. The van der Waals surface area contributed by atoms with Crippen molar-refractivity contribution in [3.05, 3.63) is 193 Å². The van der Waals surface area contributed by atoms with Crippen molar-refractivity contribution in [1.82, 2.24) is 9.55 Å². The Balaban J connectivity index is 1.19. The highest BCUT2D eigenvalue weighted by Gasteiger charge is 2.30. The van der Waals surface area contributed by atoms with Crippen molar-refractivity contribution in [2.75, 3.05) is 16.5 Å². The van der Waals surface area contributed by atoms with E-state index in [4.69, 9.17) is 13.0 Å². The Labute approximate surface area is 337 Å². The molecule has 0 N–H and O–H groups in total. The third kappa shape index (κ3) is 6.05. The predicted molar refractivity (Wildman–Crippen MR) is 227 cm³/mol. The van der Waals surface area contributed by atoms with Crippen molar-refractivity contribution in [1.29, 1.82) is 0 Å². The van der Waals surface area contributed by atoms with Gasteiger partial charge in [0.1, 0.15) is 35.6 Å². The number of aromatic nitrogens is 2. The summed E-state index contributed by atoms with van der Waals surface area (Å²) in [6, 6.07) is 47.6. The average molecular weight is 753 g/mol. The minimum Gasteiger partial charge on any atom is -0.457 e. The molecule has 0 fully saturated rings. The van der Waals surface area contributed by atoms with E-state index < -0.39 is 25.3 Å². The molecule has 2 aromatic heterocycles. The van der Waals surface area contributed by atoms with Gasteiger partial charge in [-0.15, -0.1) is 0 Å². The Morgan fingerprint density at radius 3 is 2.07 bits per heavy atom. The fourth-order valence-electron chi connectivity index (χ4n) is 7.92. The van der Waals surface area contributed by atoms with Crippen molar-refractivity contribution in [3.63, 3.8) is 0 Å². The van der Waals surface area contributed by atoms with Crippen LogP contribution in [-0.2, 0) is 0 Å². The normalized spacial score (nSPS) is 14.4. The first-order chi connectivity index (χ1) is 30.3. The summed E-state index contributed by atoms with van der Waals surface area (Å²) < 4.78 is 91.1. The minimum absolute atomic E-state index is 0.0287. The monoisotopic (exact) mass is 752 g/mol. The van der Waals surface area contributed by atoms with Crippen LogP contribution in [0.1, 0.15) is 19.4 Å². The molecule has 0 aliphatic carbocycles. The van der Waals surface area contributed by atoms with E-state index in [-0.39, 0.29) is 40.4 Å². The Kier molecular flexibility index (Phi) is 6.83. The molecular formula is C50H36F2N4O. The molecular weight excluding hydrogens is 711 g/mol. The van der Waals surface area contributed by atoms with Crippen LogP contribution in [0, 0.1) is 25.3 Å². The summed E-state index contributed by atoms with van der Waals surface area (Å²) in [6.07, 6.45) is 1.73. The van der Waals surface area contributed by atoms with E-state index >= 15 is 4.39 Å². The predicted octanol–water partition coefficient (Wildman–Crippen LogP) is 13.4. The van der Waals surface area contributed by atoms with Crippen LogP contribution in [0.15, 0.2) is 170 Å². The van der Waals surface area contributed by atoms with E-state index in [1.807, 2.05) is 102 Å². The quantitative estimate of drug-likeness (QED) is 0.162. The van der Waals surface area contributed by atoms with E-state index in [2.05, 4.69) is 15.6 Å². The molecule has 5 nitrogen and oxygen atoms in total. The first kappa shape index (κ1) is 28.2. The van der Waals surface area contributed by atoms with Gasteiger partial charge in [-0.3, -0.25) is 4.57 Å².